The molecule has 0 spiro atoms. The number of ether oxygens (including phenoxy) is 2. The molecule has 1 saturated heterocycles. The molecule has 2 N–H and O–H groups in total. The van der Waals surface area contributed by atoms with Crippen molar-refractivity contribution in [1.82, 2.24) is 5.32 Å². The molecule has 0 saturated carbocycles. The van der Waals surface area contributed by atoms with Crippen LogP contribution < -0.4 is 15.4 Å². The highest BCUT2D eigenvalue weighted by Crippen LogP contribution is 2.15. The van der Waals surface area contributed by atoms with Crippen molar-refractivity contribution in [3.63, 3.8) is 0 Å². The molecule has 1 amide bonds. The highest BCUT2D eigenvalue weighted by Gasteiger charge is 2.20. The van der Waals surface area contributed by atoms with E-state index in [4.69, 9.17) is 9.47 Å². The Balaban J connectivity index is 1.89. The molecule has 1 fully saturated rings. The minimum Gasteiger partial charge on any atom is -0.494 e. The summed E-state index contributed by atoms with van der Waals surface area (Å²) >= 11 is 0. The van der Waals surface area contributed by atoms with E-state index in [1.165, 1.54) is 0 Å². The predicted molar refractivity (Wildman–Crippen MR) is 68.9 cm³/mol. The third-order valence-corrected chi connectivity index (χ3v) is 2.67. The molecule has 1 aromatic carbocycles. The second kappa shape index (κ2) is 6.37. The van der Waals surface area contributed by atoms with E-state index in [2.05, 4.69) is 10.6 Å². The van der Waals surface area contributed by atoms with Crippen LogP contribution in [0.15, 0.2) is 24.3 Å². The highest BCUT2D eigenvalue weighted by atomic mass is 16.5. The second-order valence-electron chi connectivity index (χ2n) is 4.03. The van der Waals surface area contributed by atoms with Gasteiger partial charge in [-0.2, -0.15) is 0 Å². The van der Waals surface area contributed by atoms with Crippen molar-refractivity contribution in [3.05, 3.63) is 24.3 Å². The van der Waals surface area contributed by atoms with E-state index in [0.717, 1.165) is 11.4 Å². The first kappa shape index (κ1) is 12.9. The molecular weight excluding hydrogens is 232 g/mol. The summed E-state index contributed by atoms with van der Waals surface area (Å²) in [6.45, 7) is 4.36. The third kappa shape index (κ3) is 3.45. The van der Waals surface area contributed by atoms with E-state index >= 15 is 0 Å². The van der Waals surface area contributed by atoms with Crippen LogP contribution in [0.25, 0.3) is 0 Å². The molecule has 1 aromatic rings. The summed E-state index contributed by atoms with van der Waals surface area (Å²) in [5.41, 5.74) is 0.760. The Morgan fingerprint density at radius 3 is 2.89 bits per heavy atom. The molecule has 98 valence electrons. The zero-order valence-corrected chi connectivity index (χ0v) is 10.4. The van der Waals surface area contributed by atoms with Crippen LogP contribution in [0.3, 0.4) is 0 Å². The van der Waals surface area contributed by atoms with Crippen LogP contribution in [-0.4, -0.2) is 38.3 Å². The normalized spacial score (nSPS) is 19.3. The molecule has 1 unspecified atom stereocenters. The standard InChI is InChI=1S/C13H18N2O3/c1-2-18-11-5-3-10(4-6-11)15-13(16)12-9-17-8-7-14-12/h3-6,12,14H,2,7-9H2,1H3,(H,15,16). The summed E-state index contributed by atoms with van der Waals surface area (Å²) in [7, 11) is 0. The number of amides is 1. The lowest BCUT2D eigenvalue weighted by Gasteiger charge is -2.22. The fraction of sp³-hybridized carbons (Fsp3) is 0.462. The molecule has 1 atom stereocenters. The maximum atomic E-state index is 11.9. The zero-order chi connectivity index (χ0) is 12.8. The fourth-order valence-electron chi connectivity index (χ4n) is 1.76. The molecule has 0 aliphatic carbocycles. The van der Waals surface area contributed by atoms with Crippen molar-refractivity contribution < 1.29 is 14.3 Å². The number of rotatable bonds is 4. The molecule has 0 aromatic heterocycles. The van der Waals surface area contributed by atoms with Gasteiger partial charge in [-0.05, 0) is 31.2 Å². The topological polar surface area (TPSA) is 59.6 Å². The molecule has 0 radical (unpaired) electrons. The number of nitrogens with one attached hydrogen (secondary N) is 2. The van der Waals surface area contributed by atoms with Gasteiger partial charge in [-0.25, -0.2) is 0 Å². The Morgan fingerprint density at radius 2 is 2.28 bits per heavy atom. The quantitative estimate of drug-likeness (QED) is 0.837. The summed E-state index contributed by atoms with van der Waals surface area (Å²) in [4.78, 5) is 11.9. The highest BCUT2D eigenvalue weighted by molar-refractivity contribution is 5.95. The van der Waals surface area contributed by atoms with E-state index in [1.54, 1.807) is 0 Å². The summed E-state index contributed by atoms with van der Waals surface area (Å²) in [6.07, 6.45) is 0. The average Bonchev–Trinajstić information content (AvgIpc) is 2.42. The first-order valence-corrected chi connectivity index (χ1v) is 6.14. The number of carbonyl (C=O) groups excluding carboxylic acids is 1. The Hall–Kier alpha value is -1.59. The van der Waals surface area contributed by atoms with Crippen LogP contribution >= 0.6 is 0 Å². The first-order chi connectivity index (χ1) is 8.79. The first-order valence-electron chi connectivity index (χ1n) is 6.14. The van der Waals surface area contributed by atoms with Gasteiger partial charge in [-0.1, -0.05) is 0 Å². The Bertz CT molecular complexity index is 386. The summed E-state index contributed by atoms with van der Waals surface area (Å²) < 4.78 is 10.6. The van der Waals surface area contributed by atoms with Crippen LogP contribution in [0, 0.1) is 0 Å². The molecular formula is C13H18N2O3. The second-order valence-corrected chi connectivity index (χ2v) is 4.03. The minimum absolute atomic E-state index is 0.0705. The molecule has 1 aliphatic heterocycles. The summed E-state index contributed by atoms with van der Waals surface area (Å²) in [5, 5.41) is 5.95. The molecule has 18 heavy (non-hydrogen) atoms. The monoisotopic (exact) mass is 250 g/mol. The molecule has 2 rings (SSSR count). The minimum atomic E-state index is -0.273. The van der Waals surface area contributed by atoms with Gasteiger partial charge in [-0.15, -0.1) is 0 Å². The maximum absolute atomic E-state index is 11.9. The molecule has 5 heteroatoms. The lowest BCUT2D eigenvalue weighted by molar-refractivity contribution is -0.120. The van der Waals surface area contributed by atoms with E-state index < -0.39 is 0 Å². The van der Waals surface area contributed by atoms with Crippen LogP contribution in [0.4, 0.5) is 5.69 Å². The van der Waals surface area contributed by atoms with E-state index in [-0.39, 0.29) is 11.9 Å². The molecule has 1 aliphatic rings. The van der Waals surface area contributed by atoms with Crippen molar-refractivity contribution in [2.24, 2.45) is 0 Å². The third-order valence-electron chi connectivity index (χ3n) is 2.67. The molecule has 1 heterocycles. The Morgan fingerprint density at radius 1 is 1.50 bits per heavy atom. The average molecular weight is 250 g/mol. The van der Waals surface area contributed by atoms with Gasteiger partial charge < -0.3 is 20.1 Å². The van der Waals surface area contributed by atoms with Crippen molar-refractivity contribution in [2.75, 3.05) is 31.7 Å². The molecule has 0 bridgehead atoms. The van der Waals surface area contributed by atoms with Crippen LogP contribution in [0.2, 0.25) is 0 Å². The van der Waals surface area contributed by atoms with Gasteiger partial charge in [0.15, 0.2) is 0 Å². The van der Waals surface area contributed by atoms with E-state index in [1.807, 2.05) is 31.2 Å². The van der Waals surface area contributed by atoms with Gasteiger partial charge in [0.05, 0.1) is 19.8 Å². The SMILES string of the molecule is CCOc1ccc(NC(=O)C2COCCN2)cc1. The number of hydrogen-bond donors (Lipinski definition) is 2. The maximum Gasteiger partial charge on any atom is 0.243 e. The van der Waals surface area contributed by atoms with Crippen molar-refractivity contribution in [2.45, 2.75) is 13.0 Å². The van der Waals surface area contributed by atoms with Gasteiger partial charge in [0.25, 0.3) is 0 Å². The smallest absolute Gasteiger partial charge is 0.243 e. The van der Waals surface area contributed by atoms with Gasteiger partial charge in [0.1, 0.15) is 11.8 Å². The molecule has 5 nitrogen and oxygen atoms in total. The predicted octanol–water partition coefficient (Wildman–Crippen LogP) is 1.01. The van der Waals surface area contributed by atoms with Gasteiger partial charge in [0, 0.05) is 12.2 Å². The fourth-order valence-corrected chi connectivity index (χ4v) is 1.76. The number of anilines is 1. The summed E-state index contributed by atoms with van der Waals surface area (Å²) in [6, 6.07) is 7.05. The number of carbonyl (C=O) groups is 1. The van der Waals surface area contributed by atoms with Crippen LogP contribution in [-0.2, 0) is 9.53 Å². The summed E-state index contributed by atoms with van der Waals surface area (Å²) in [5.74, 6) is 0.730. The number of hydrogen-bond acceptors (Lipinski definition) is 4. The largest absolute Gasteiger partial charge is 0.494 e. The van der Waals surface area contributed by atoms with Crippen LogP contribution in [0.5, 0.6) is 5.75 Å². The van der Waals surface area contributed by atoms with Crippen molar-refractivity contribution in [1.29, 1.82) is 0 Å². The number of benzene rings is 1. The van der Waals surface area contributed by atoms with Gasteiger partial charge >= 0.3 is 0 Å². The van der Waals surface area contributed by atoms with E-state index in [9.17, 15) is 4.79 Å². The van der Waals surface area contributed by atoms with Gasteiger partial charge in [0.2, 0.25) is 5.91 Å². The van der Waals surface area contributed by atoms with Crippen molar-refractivity contribution >= 4 is 11.6 Å². The Kier molecular flexibility index (Phi) is 4.55. The zero-order valence-electron chi connectivity index (χ0n) is 10.4. The van der Waals surface area contributed by atoms with E-state index in [0.29, 0.717) is 26.4 Å². The van der Waals surface area contributed by atoms with Crippen molar-refractivity contribution in [3.8, 4) is 5.75 Å². The lowest BCUT2D eigenvalue weighted by Crippen LogP contribution is -2.48. The van der Waals surface area contributed by atoms with Crippen LogP contribution in [0.1, 0.15) is 6.92 Å². The Labute approximate surface area is 106 Å². The van der Waals surface area contributed by atoms with Gasteiger partial charge in [-0.3, -0.25) is 4.79 Å². The number of morpholine rings is 1. The lowest BCUT2D eigenvalue weighted by atomic mass is 10.2.